The molecule has 0 saturated carbocycles. The molecular weight excluding hydrogens is 291 g/mol. The van der Waals surface area contributed by atoms with Crippen LogP contribution >= 0.6 is 22.6 Å². The minimum absolute atomic E-state index is 0.0122. The molecule has 1 amide bonds. The predicted octanol–water partition coefficient (Wildman–Crippen LogP) is 1.36. The highest BCUT2D eigenvalue weighted by Gasteiger charge is 2.27. The van der Waals surface area contributed by atoms with Crippen LogP contribution in [0, 0.1) is 3.57 Å². The predicted molar refractivity (Wildman–Crippen MR) is 64.1 cm³/mol. The van der Waals surface area contributed by atoms with Gasteiger partial charge in [0.1, 0.15) is 0 Å². The highest BCUT2D eigenvalue weighted by Crippen LogP contribution is 2.21. The SMILES string of the molecule is NC1CC(=O)N(c2ccc(I)cc2)C1. The Morgan fingerprint density at radius 1 is 1.36 bits per heavy atom. The molecular formula is C10H11IN2O. The average Bonchev–Trinajstić information content (AvgIpc) is 2.47. The van der Waals surface area contributed by atoms with Crippen LogP contribution in [0.1, 0.15) is 6.42 Å². The molecule has 1 unspecified atom stereocenters. The molecule has 74 valence electrons. The van der Waals surface area contributed by atoms with Gasteiger partial charge in [-0.15, -0.1) is 0 Å². The molecule has 1 heterocycles. The van der Waals surface area contributed by atoms with Crippen molar-refractivity contribution in [2.24, 2.45) is 5.73 Å². The zero-order valence-electron chi connectivity index (χ0n) is 7.61. The van der Waals surface area contributed by atoms with E-state index in [9.17, 15) is 4.79 Å². The van der Waals surface area contributed by atoms with E-state index >= 15 is 0 Å². The maximum atomic E-state index is 11.5. The lowest BCUT2D eigenvalue weighted by Gasteiger charge is -2.15. The molecule has 3 nitrogen and oxygen atoms in total. The van der Waals surface area contributed by atoms with Crippen LogP contribution in [-0.4, -0.2) is 18.5 Å². The van der Waals surface area contributed by atoms with Gasteiger partial charge in [0.15, 0.2) is 0 Å². The summed E-state index contributed by atoms with van der Waals surface area (Å²) in [6, 6.07) is 7.89. The third-order valence-electron chi connectivity index (χ3n) is 2.29. The van der Waals surface area contributed by atoms with Gasteiger partial charge in [-0.05, 0) is 46.9 Å². The quantitative estimate of drug-likeness (QED) is 0.796. The number of benzene rings is 1. The number of rotatable bonds is 1. The fourth-order valence-electron chi connectivity index (χ4n) is 1.61. The standard InChI is InChI=1S/C10H11IN2O/c11-7-1-3-9(4-2-7)13-6-8(12)5-10(13)14/h1-4,8H,5-6,12H2. The highest BCUT2D eigenvalue weighted by molar-refractivity contribution is 14.1. The zero-order valence-corrected chi connectivity index (χ0v) is 9.77. The number of nitrogens with two attached hydrogens (primary N) is 1. The van der Waals surface area contributed by atoms with Crippen molar-refractivity contribution in [3.63, 3.8) is 0 Å². The van der Waals surface area contributed by atoms with Gasteiger partial charge in [-0.25, -0.2) is 0 Å². The number of halogens is 1. The molecule has 0 aromatic heterocycles. The molecule has 2 N–H and O–H groups in total. The minimum atomic E-state index is -0.0122. The number of hydrogen-bond acceptors (Lipinski definition) is 2. The molecule has 2 rings (SSSR count). The summed E-state index contributed by atoms with van der Waals surface area (Å²) in [5, 5.41) is 0. The first-order valence-electron chi connectivity index (χ1n) is 4.48. The Balaban J connectivity index is 2.23. The number of amides is 1. The van der Waals surface area contributed by atoms with Crippen LogP contribution in [0.3, 0.4) is 0 Å². The molecule has 1 fully saturated rings. The second-order valence-electron chi connectivity index (χ2n) is 3.44. The van der Waals surface area contributed by atoms with E-state index in [0.717, 1.165) is 5.69 Å². The summed E-state index contributed by atoms with van der Waals surface area (Å²) in [5.74, 6) is 0.124. The largest absolute Gasteiger partial charge is 0.326 e. The van der Waals surface area contributed by atoms with E-state index in [4.69, 9.17) is 5.73 Å². The minimum Gasteiger partial charge on any atom is -0.326 e. The van der Waals surface area contributed by atoms with Crippen LogP contribution in [-0.2, 0) is 4.79 Å². The molecule has 14 heavy (non-hydrogen) atoms. The van der Waals surface area contributed by atoms with E-state index in [1.165, 1.54) is 3.57 Å². The van der Waals surface area contributed by atoms with Crippen molar-refractivity contribution in [2.75, 3.05) is 11.4 Å². The molecule has 1 aromatic carbocycles. The Bertz CT molecular complexity index is 350. The van der Waals surface area contributed by atoms with Gasteiger partial charge >= 0.3 is 0 Å². The summed E-state index contributed by atoms with van der Waals surface area (Å²) in [7, 11) is 0. The Morgan fingerprint density at radius 3 is 2.50 bits per heavy atom. The lowest BCUT2D eigenvalue weighted by molar-refractivity contribution is -0.117. The first-order valence-corrected chi connectivity index (χ1v) is 5.56. The number of carbonyl (C=O) groups excluding carboxylic acids is 1. The summed E-state index contributed by atoms with van der Waals surface area (Å²) in [6.07, 6.45) is 0.464. The van der Waals surface area contributed by atoms with Gasteiger partial charge in [0.05, 0.1) is 0 Å². The second-order valence-corrected chi connectivity index (χ2v) is 4.69. The van der Waals surface area contributed by atoms with Crippen molar-refractivity contribution in [1.29, 1.82) is 0 Å². The van der Waals surface area contributed by atoms with E-state index in [0.29, 0.717) is 13.0 Å². The van der Waals surface area contributed by atoms with Crippen LogP contribution in [0.4, 0.5) is 5.69 Å². The molecule has 1 aliphatic heterocycles. The fraction of sp³-hybridized carbons (Fsp3) is 0.300. The van der Waals surface area contributed by atoms with Crippen LogP contribution < -0.4 is 10.6 Å². The normalized spacial score (nSPS) is 21.7. The van der Waals surface area contributed by atoms with Gasteiger partial charge in [0.25, 0.3) is 0 Å². The summed E-state index contributed by atoms with van der Waals surface area (Å²) in [6.45, 7) is 0.638. The van der Waals surface area contributed by atoms with E-state index in [1.807, 2.05) is 24.3 Å². The molecule has 1 aromatic rings. The van der Waals surface area contributed by atoms with Crippen molar-refractivity contribution in [2.45, 2.75) is 12.5 Å². The Hall–Kier alpha value is -0.620. The average molecular weight is 302 g/mol. The summed E-state index contributed by atoms with van der Waals surface area (Å²) >= 11 is 2.24. The first-order chi connectivity index (χ1) is 6.66. The molecule has 0 spiro atoms. The van der Waals surface area contributed by atoms with Gasteiger partial charge in [0.2, 0.25) is 5.91 Å². The van der Waals surface area contributed by atoms with Crippen LogP contribution in [0.15, 0.2) is 24.3 Å². The van der Waals surface area contributed by atoms with E-state index < -0.39 is 0 Å². The number of hydrogen-bond donors (Lipinski definition) is 1. The van der Waals surface area contributed by atoms with Crippen LogP contribution in [0.25, 0.3) is 0 Å². The third-order valence-corrected chi connectivity index (χ3v) is 3.01. The Kier molecular flexibility index (Phi) is 2.73. The number of nitrogens with zero attached hydrogens (tertiary/aromatic N) is 1. The summed E-state index contributed by atoms with van der Waals surface area (Å²) in [5.41, 5.74) is 6.67. The molecule has 0 radical (unpaired) electrons. The van der Waals surface area contributed by atoms with Crippen molar-refractivity contribution in [3.05, 3.63) is 27.8 Å². The van der Waals surface area contributed by atoms with Gasteiger partial charge in [-0.1, -0.05) is 0 Å². The Morgan fingerprint density at radius 2 is 2.00 bits per heavy atom. The van der Waals surface area contributed by atoms with Gasteiger partial charge < -0.3 is 10.6 Å². The Labute approximate surface area is 96.4 Å². The third kappa shape index (κ3) is 1.90. The lowest BCUT2D eigenvalue weighted by atomic mass is 10.3. The highest BCUT2D eigenvalue weighted by atomic mass is 127. The zero-order chi connectivity index (χ0) is 10.1. The number of carbonyl (C=O) groups is 1. The van der Waals surface area contributed by atoms with Crippen molar-refractivity contribution < 1.29 is 4.79 Å². The van der Waals surface area contributed by atoms with Gasteiger partial charge in [-0.3, -0.25) is 4.79 Å². The van der Waals surface area contributed by atoms with Gasteiger partial charge in [0, 0.05) is 28.3 Å². The molecule has 0 bridgehead atoms. The smallest absolute Gasteiger partial charge is 0.228 e. The fourth-order valence-corrected chi connectivity index (χ4v) is 1.97. The lowest BCUT2D eigenvalue weighted by Crippen LogP contribution is -2.27. The second kappa shape index (κ2) is 3.86. The molecule has 0 aliphatic carbocycles. The van der Waals surface area contributed by atoms with Crippen molar-refractivity contribution in [1.82, 2.24) is 0 Å². The monoisotopic (exact) mass is 302 g/mol. The maximum absolute atomic E-state index is 11.5. The number of anilines is 1. The van der Waals surface area contributed by atoms with Crippen LogP contribution in [0.5, 0.6) is 0 Å². The van der Waals surface area contributed by atoms with E-state index in [1.54, 1.807) is 4.90 Å². The van der Waals surface area contributed by atoms with Gasteiger partial charge in [-0.2, -0.15) is 0 Å². The molecule has 4 heteroatoms. The maximum Gasteiger partial charge on any atom is 0.228 e. The first kappa shape index (κ1) is 9.92. The molecule has 1 aliphatic rings. The topological polar surface area (TPSA) is 46.3 Å². The van der Waals surface area contributed by atoms with Crippen molar-refractivity contribution >= 4 is 34.2 Å². The van der Waals surface area contributed by atoms with E-state index in [-0.39, 0.29) is 11.9 Å². The van der Waals surface area contributed by atoms with Crippen molar-refractivity contribution in [3.8, 4) is 0 Å². The molecule has 1 atom stereocenters. The summed E-state index contributed by atoms with van der Waals surface area (Å²) in [4.78, 5) is 13.3. The van der Waals surface area contributed by atoms with E-state index in [2.05, 4.69) is 22.6 Å². The summed E-state index contributed by atoms with van der Waals surface area (Å²) < 4.78 is 1.17. The molecule has 1 saturated heterocycles. The van der Waals surface area contributed by atoms with Crippen LogP contribution in [0.2, 0.25) is 0 Å².